The fourth-order valence-corrected chi connectivity index (χ4v) is 2.97. The van der Waals surface area contributed by atoms with Crippen LogP contribution in [-0.2, 0) is 17.2 Å². The van der Waals surface area contributed by atoms with E-state index < -0.39 is 0 Å². The van der Waals surface area contributed by atoms with Gasteiger partial charge in [-0.3, -0.25) is 4.79 Å². The van der Waals surface area contributed by atoms with Crippen LogP contribution in [-0.4, -0.2) is 5.97 Å². The molecule has 0 aliphatic heterocycles. The zero-order valence-electron chi connectivity index (χ0n) is 13.4. The molecular formula is C18H18BrFO3S. The van der Waals surface area contributed by atoms with Gasteiger partial charge in [0.05, 0.1) is 4.47 Å². The molecule has 3 nitrogen and oxygen atoms in total. The number of benzene rings is 2. The van der Waals surface area contributed by atoms with Gasteiger partial charge in [0.15, 0.2) is 0 Å². The Morgan fingerprint density at radius 3 is 2.71 bits per heavy atom. The second-order valence-electron chi connectivity index (χ2n) is 5.20. The van der Waals surface area contributed by atoms with E-state index in [2.05, 4.69) is 28.6 Å². The van der Waals surface area contributed by atoms with Crippen molar-refractivity contribution in [3.05, 3.63) is 57.3 Å². The van der Waals surface area contributed by atoms with Gasteiger partial charge in [-0.1, -0.05) is 19.1 Å². The van der Waals surface area contributed by atoms with Gasteiger partial charge in [0.2, 0.25) is 0 Å². The lowest BCUT2D eigenvalue weighted by atomic mass is 10.1. The topological polar surface area (TPSA) is 35.5 Å². The van der Waals surface area contributed by atoms with Gasteiger partial charge in [0.1, 0.15) is 23.9 Å². The number of carbonyl (C=O) groups is 1. The van der Waals surface area contributed by atoms with E-state index in [0.717, 1.165) is 11.1 Å². The lowest BCUT2D eigenvalue weighted by molar-refractivity contribution is -0.134. The average Bonchev–Trinajstić information content (AvgIpc) is 2.57. The molecular weight excluding hydrogens is 395 g/mol. The SMILES string of the molecule is CCC(=O)Oc1cccc(CS)c1COc1cc(F)c(C)cc1Br. The van der Waals surface area contributed by atoms with Crippen LogP contribution in [0.15, 0.2) is 34.8 Å². The summed E-state index contributed by atoms with van der Waals surface area (Å²) in [5.41, 5.74) is 2.15. The maximum Gasteiger partial charge on any atom is 0.310 e. The molecule has 0 aromatic heterocycles. The summed E-state index contributed by atoms with van der Waals surface area (Å²) < 4.78 is 25.5. The van der Waals surface area contributed by atoms with E-state index in [0.29, 0.717) is 27.3 Å². The van der Waals surface area contributed by atoms with Crippen molar-refractivity contribution >= 4 is 34.5 Å². The van der Waals surface area contributed by atoms with Gasteiger partial charge in [-0.25, -0.2) is 4.39 Å². The van der Waals surface area contributed by atoms with Crippen molar-refractivity contribution in [3.63, 3.8) is 0 Å². The first-order valence-corrected chi connectivity index (χ1v) is 8.89. The van der Waals surface area contributed by atoms with Crippen molar-refractivity contribution in [2.45, 2.75) is 32.6 Å². The minimum Gasteiger partial charge on any atom is -0.487 e. The molecule has 24 heavy (non-hydrogen) atoms. The van der Waals surface area contributed by atoms with Crippen LogP contribution in [0.5, 0.6) is 11.5 Å². The summed E-state index contributed by atoms with van der Waals surface area (Å²) in [6, 6.07) is 8.39. The number of rotatable bonds is 6. The standard InChI is InChI=1S/C18H18BrFO3S/c1-3-18(21)23-16-6-4-5-12(10-24)13(16)9-22-17-8-15(20)11(2)7-14(17)19/h4-8,24H,3,9-10H2,1-2H3. The molecule has 0 amide bonds. The Bertz CT molecular complexity index is 749. The summed E-state index contributed by atoms with van der Waals surface area (Å²) in [6.45, 7) is 3.56. The second-order valence-corrected chi connectivity index (χ2v) is 6.37. The third-order valence-corrected chi connectivity index (χ3v) is 4.46. The lowest BCUT2D eigenvalue weighted by Crippen LogP contribution is -2.10. The van der Waals surface area contributed by atoms with Gasteiger partial charge in [-0.05, 0) is 46.1 Å². The molecule has 0 N–H and O–H groups in total. The fourth-order valence-electron chi connectivity index (χ4n) is 2.10. The van der Waals surface area contributed by atoms with Crippen LogP contribution in [0.2, 0.25) is 0 Å². The average molecular weight is 413 g/mol. The molecule has 0 unspecified atom stereocenters. The van der Waals surface area contributed by atoms with Crippen LogP contribution >= 0.6 is 28.6 Å². The first kappa shape index (κ1) is 18.8. The Morgan fingerprint density at radius 2 is 2.04 bits per heavy atom. The predicted molar refractivity (Wildman–Crippen MR) is 98.2 cm³/mol. The van der Waals surface area contributed by atoms with Crippen LogP contribution in [0.25, 0.3) is 0 Å². The van der Waals surface area contributed by atoms with Gasteiger partial charge in [0.25, 0.3) is 0 Å². The van der Waals surface area contributed by atoms with E-state index in [1.807, 2.05) is 6.07 Å². The van der Waals surface area contributed by atoms with Gasteiger partial charge in [-0.2, -0.15) is 12.6 Å². The van der Waals surface area contributed by atoms with E-state index in [1.54, 1.807) is 32.0 Å². The van der Waals surface area contributed by atoms with E-state index in [1.165, 1.54) is 6.07 Å². The predicted octanol–water partition coefficient (Wildman–Crippen LogP) is 5.22. The van der Waals surface area contributed by atoms with Gasteiger partial charge in [-0.15, -0.1) is 0 Å². The summed E-state index contributed by atoms with van der Waals surface area (Å²) in [5, 5.41) is 0. The molecule has 0 saturated carbocycles. The number of hydrogen-bond acceptors (Lipinski definition) is 4. The highest BCUT2D eigenvalue weighted by atomic mass is 79.9. The molecule has 6 heteroatoms. The van der Waals surface area contributed by atoms with Crippen LogP contribution in [0.3, 0.4) is 0 Å². The first-order chi connectivity index (χ1) is 11.5. The summed E-state index contributed by atoms with van der Waals surface area (Å²) in [5.74, 6) is 0.639. The second kappa shape index (κ2) is 8.53. The van der Waals surface area contributed by atoms with Crippen molar-refractivity contribution in [3.8, 4) is 11.5 Å². The zero-order chi connectivity index (χ0) is 17.7. The van der Waals surface area contributed by atoms with Crippen LogP contribution < -0.4 is 9.47 Å². The number of esters is 1. The molecule has 0 bridgehead atoms. The number of carbonyl (C=O) groups excluding carboxylic acids is 1. The number of halogens is 2. The maximum absolute atomic E-state index is 13.7. The molecule has 0 fully saturated rings. The molecule has 0 spiro atoms. The molecule has 0 radical (unpaired) electrons. The van der Waals surface area contributed by atoms with Gasteiger partial charge in [0, 0.05) is 23.8 Å². The molecule has 0 aliphatic carbocycles. The maximum atomic E-state index is 13.7. The van der Waals surface area contributed by atoms with Crippen molar-refractivity contribution < 1.29 is 18.7 Å². The molecule has 0 atom stereocenters. The first-order valence-electron chi connectivity index (χ1n) is 7.47. The summed E-state index contributed by atoms with van der Waals surface area (Å²) in [4.78, 5) is 11.6. The molecule has 2 rings (SSSR count). The van der Waals surface area contributed by atoms with Crippen LogP contribution in [0.1, 0.15) is 30.0 Å². The Labute approximate surface area is 154 Å². The fraction of sp³-hybridized carbons (Fsp3) is 0.278. The minimum absolute atomic E-state index is 0.143. The Kier molecular flexibility index (Phi) is 6.69. The minimum atomic E-state index is -0.340. The number of ether oxygens (including phenoxy) is 2. The highest BCUT2D eigenvalue weighted by molar-refractivity contribution is 9.10. The molecule has 128 valence electrons. The molecule has 2 aromatic rings. The van der Waals surface area contributed by atoms with E-state index in [-0.39, 0.29) is 24.8 Å². The number of thiol groups is 1. The number of aryl methyl sites for hydroxylation is 1. The molecule has 2 aromatic carbocycles. The highest BCUT2D eigenvalue weighted by Gasteiger charge is 2.14. The van der Waals surface area contributed by atoms with Gasteiger partial charge >= 0.3 is 5.97 Å². The highest BCUT2D eigenvalue weighted by Crippen LogP contribution is 2.31. The molecule has 0 aliphatic rings. The smallest absolute Gasteiger partial charge is 0.310 e. The van der Waals surface area contributed by atoms with E-state index in [9.17, 15) is 9.18 Å². The Morgan fingerprint density at radius 1 is 1.29 bits per heavy atom. The Hall–Kier alpha value is -1.53. The van der Waals surface area contributed by atoms with Crippen LogP contribution in [0, 0.1) is 12.7 Å². The quantitative estimate of drug-likeness (QED) is 0.401. The third kappa shape index (κ3) is 4.51. The van der Waals surface area contributed by atoms with Crippen molar-refractivity contribution in [2.75, 3.05) is 0 Å². The largest absolute Gasteiger partial charge is 0.487 e. The normalized spacial score (nSPS) is 10.5. The summed E-state index contributed by atoms with van der Waals surface area (Å²) >= 11 is 7.67. The third-order valence-electron chi connectivity index (χ3n) is 3.50. The van der Waals surface area contributed by atoms with E-state index in [4.69, 9.17) is 9.47 Å². The summed E-state index contributed by atoms with van der Waals surface area (Å²) in [6.07, 6.45) is 0.278. The van der Waals surface area contributed by atoms with Crippen LogP contribution in [0.4, 0.5) is 4.39 Å². The molecule has 0 heterocycles. The zero-order valence-corrected chi connectivity index (χ0v) is 15.9. The van der Waals surface area contributed by atoms with Crippen molar-refractivity contribution in [1.29, 1.82) is 0 Å². The monoisotopic (exact) mass is 412 g/mol. The van der Waals surface area contributed by atoms with Gasteiger partial charge < -0.3 is 9.47 Å². The Balaban J connectivity index is 2.28. The number of hydrogen-bond donors (Lipinski definition) is 1. The summed E-state index contributed by atoms with van der Waals surface area (Å²) in [7, 11) is 0. The van der Waals surface area contributed by atoms with Crippen molar-refractivity contribution in [1.82, 2.24) is 0 Å². The lowest BCUT2D eigenvalue weighted by Gasteiger charge is -2.15. The van der Waals surface area contributed by atoms with E-state index >= 15 is 0 Å². The van der Waals surface area contributed by atoms with Crippen molar-refractivity contribution in [2.24, 2.45) is 0 Å². The molecule has 0 saturated heterocycles.